The smallest absolute Gasteiger partial charge is 0.00451 e. The lowest BCUT2D eigenvalue weighted by molar-refractivity contribution is 0.251. The van der Waals surface area contributed by atoms with Gasteiger partial charge in [-0.3, -0.25) is 0 Å². The molecule has 2 atom stereocenters. The molecule has 2 aliphatic rings. The van der Waals surface area contributed by atoms with E-state index < -0.39 is 0 Å². The van der Waals surface area contributed by atoms with Crippen LogP contribution in [0.5, 0.6) is 0 Å². The molecule has 0 nitrogen and oxygen atoms in total. The van der Waals surface area contributed by atoms with E-state index in [1.54, 1.807) is 0 Å². The Morgan fingerprint density at radius 2 is 1.43 bits per heavy atom. The van der Waals surface area contributed by atoms with Gasteiger partial charge in [0.2, 0.25) is 0 Å². The molecule has 0 aromatic carbocycles. The van der Waals surface area contributed by atoms with Crippen LogP contribution in [0.25, 0.3) is 0 Å². The molecule has 0 amide bonds. The summed E-state index contributed by atoms with van der Waals surface area (Å²) in [5, 5.41) is 0.727. The molecule has 14 heavy (non-hydrogen) atoms. The number of hydrogen-bond acceptors (Lipinski definition) is 1. The molecule has 2 unspecified atom stereocenters. The second-order valence-electron chi connectivity index (χ2n) is 5.35. The van der Waals surface area contributed by atoms with E-state index in [0.717, 1.165) is 17.1 Å². The highest BCUT2D eigenvalue weighted by molar-refractivity contribution is 7.81. The zero-order valence-corrected chi connectivity index (χ0v) is 10.1. The van der Waals surface area contributed by atoms with Crippen LogP contribution in [0.3, 0.4) is 0 Å². The maximum atomic E-state index is 4.76. The minimum Gasteiger partial charge on any atom is -0.176 e. The molecule has 82 valence electrons. The van der Waals surface area contributed by atoms with Gasteiger partial charge in [0, 0.05) is 5.25 Å². The summed E-state index contributed by atoms with van der Waals surface area (Å²) < 4.78 is 0. The fourth-order valence-electron chi connectivity index (χ4n) is 3.31. The average molecular weight is 212 g/mol. The third-order valence-corrected chi connectivity index (χ3v) is 4.91. The van der Waals surface area contributed by atoms with Gasteiger partial charge in [0.15, 0.2) is 0 Å². The van der Waals surface area contributed by atoms with Gasteiger partial charge in [0.25, 0.3) is 0 Å². The molecule has 2 rings (SSSR count). The molecule has 0 radical (unpaired) electrons. The zero-order valence-electron chi connectivity index (χ0n) is 9.25. The predicted molar refractivity (Wildman–Crippen MR) is 65.9 cm³/mol. The summed E-state index contributed by atoms with van der Waals surface area (Å²) in [4.78, 5) is 0. The standard InChI is InChI=1S/C13H24S/c14-13-9-5-4-8-12(13)10-11-6-2-1-3-7-11/h11-14H,1-10H2. The van der Waals surface area contributed by atoms with E-state index in [4.69, 9.17) is 12.6 Å². The fourth-order valence-corrected chi connectivity index (χ4v) is 3.77. The van der Waals surface area contributed by atoms with Crippen molar-refractivity contribution in [1.29, 1.82) is 0 Å². The maximum Gasteiger partial charge on any atom is 0.00451 e. The predicted octanol–water partition coefficient (Wildman–Crippen LogP) is 4.45. The topological polar surface area (TPSA) is 0 Å². The minimum absolute atomic E-state index is 0.727. The first-order valence-corrected chi connectivity index (χ1v) is 7.06. The molecule has 0 bridgehead atoms. The Kier molecular flexibility index (Phi) is 4.22. The van der Waals surface area contributed by atoms with Gasteiger partial charge < -0.3 is 0 Å². The molecule has 2 fully saturated rings. The lowest BCUT2D eigenvalue weighted by Gasteiger charge is -2.32. The summed E-state index contributed by atoms with van der Waals surface area (Å²) in [5.41, 5.74) is 0. The molecule has 0 heterocycles. The average Bonchev–Trinajstić information content (AvgIpc) is 2.23. The van der Waals surface area contributed by atoms with Crippen LogP contribution in [0, 0.1) is 11.8 Å². The number of hydrogen-bond donors (Lipinski definition) is 1. The van der Waals surface area contributed by atoms with Crippen molar-refractivity contribution < 1.29 is 0 Å². The largest absolute Gasteiger partial charge is 0.176 e. The SMILES string of the molecule is SC1CCCCC1CC1CCCCC1. The van der Waals surface area contributed by atoms with E-state index in [0.29, 0.717) is 0 Å². The Morgan fingerprint density at radius 1 is 0.786 bits per heavy atom. The second-order valence-corrected chi connectivity index (χ2v) is 6.01. The first-order valence-electron chi connectivity index (χ1n) is 6.54. The van der Waals surface area contributed by atoms with Crippen LogP contribution in [0.2, 0.25) is 0 Å². The second kappa shape index (κ2) is 5.44. The van der Waals surface area contributed by atoms with E-state index in [1.807, 2.05) is 0 Å². The van der Waals surface area contributed by atoms with Gasteiger partial charge in [-0.05, 0) is 31.1 Å². The first kappa shape index (κ1) is 10.9. The molecular weight excluding hydrogens is 188 g/mol. The van der Waals surface area contributed by atoms with E-state index in [-0.39, 0.29) is 0 Å². The maximum absolute atomic E-state index is 4.76. The lowest BCUT2D eigenvalue weighted by Crippen LogP contribution is -2.23. The van der Waals surface area contributed by atoms with Crippen LogP contribution in [0.4, 0.5) is 0 Å². The van der Waals surface area contributed by atoms with Crippen molar-refractivity contribution in [1.82, 2.24) is 0 Å². The Labute approximate surface area is 94.3 Å². The van der Waals surface area contributed by atoms with Gasteiger partial charge >= 0.3 is 0 Å². The Morgan fingerprint density at radius 3 is 2.14 bits per heavy atom. The van der Waals surface area contributed by atoms with Crippen molar-refractivity contribution >= 4 is 12.6 Å². The highest BCUT2D eigenvalue weighted by Crippen LogP contribution is 2.37. The highest BCUT2D eigenvalue weighted by atomic mass is 32.1. The fraction of sp³-hybridized carbons (Fsp3) is 1.00. The van der Waals surface area contributed by atoms with Crippen molar-refractivity contribution in [2.24, 2.45) is 11.8 Å². The van der Waals surface area contributed by atoms with Crippen LogP contribution in [0.15, 0.2) is 0 Å². The lowest BCUT2D eigenvalue weighted by atomic mass is 9.77. The zero-order chi connectivity index (χ0) is 9.80. The molecule has 0 aliphatic heterocycles. The molecule has 0 spiro atoms. The number of thiol groups is 1. The monoisotopic (exact) mass is 212 g/mol. The van der Waals surface area contributed by atoms with Crippen LogP contribution < -0.4 is 0 Å². The molecule has 1 heteroatoms. The number of rotatable bonds is 2. The van der Waals surface area contributed by atoms with Gasteiger partial charge in [-0.25, -0.2) is 0 Å². The summed E-state index contributed by atoms with van der Waals surface area (Å²) in [6.07, 6.45) is 14.7. The van der Waals surface area contributed by atoms with Crippen LogP contribution in [0.1, 0.15) is 64.2 Å². The molecule has 0 aromatic rings. The summed E-state index contributed by atoms with van der Waals surface area (Å²) in [5.74, 6) is 2.01. The Balaban J connectivity index is 1.76. The van der Waals surface area contributed by atoms with Crippen molar-refractivity contribution in [3.8, 4) is 0 Å². The summed E-state index contributed by atoms with van der Waals surface area (Å²) >= 11 is 4.76. The quantitative estimate of drug-likeness (QED) is 0.643. The van der Waals surface area contributed by atoms with Gasteiger partial charge in [0.05, 0.1) is 0 Å². The van der Waals surface area contributed by atoms with Crippen molar-refractivity contribution in [2.45, 2.75) is 69.5 Å². The molecule has 0 aromatic heterocycles. The summed E-state index contributed by atoms with van der Waals surface area (Å²) in [6.45, 7) is 0. The van der Waals surface area contributed by atoms with Crippen molar-refractivity contribution in [3.63, 3.8) is 0 Å². The molecule has 0 N–H and O–H groups in total. The molecule has 2 aliphatic carbocycles. The summed E-state index contributed by atoms with van der Waals surface area (Å²) in [7, 11) is 0. The highest BCUT2D eigenvalue weighted by Gasteiger charge is 2.25. The summed E-state index contributed by atoms with van der Waals surface area (Å²) in [6, 6.07) is 0. The Bertz CT molecular complexity index is 161. The van der Waals surface area contributed by atoms with Crippen LogP contribution in [-0.4, -0.2) is 5.25 Å². The molecular formula is C13H24S. The first-order chi connectivity index (χ1) is 6.86. The normalized spacial score (nSPS) is 35.8. The Hall–Kier alpha value is 0.350. The molecule has 2 saturated carbocycles. The van der Waals surface area contributed by atoms with Crippen molar-refractivity contribution in [2.75, 3.05) is 0 Å². The van der Waals surface area contributed by atoms with E-state index in [9.17, 15) is 0 Å². The minimum atomic E-state index is 0.727. The van der Waals surface area contributed by atoms with Crippen LogP contribution >= 0.6 is 12.6 Å². The van der Waals surface area contributed by atoms with Crippen molar-refractivity contribution in [3.05, 3.63) is 0 Å². The third kappa shape index (κ3) is 2.92. The third-order valence-electron chi connectivity index (χ3n) is 4.23. The van der Waals surface area contributed by atoms with Gasteiger partial charge in [-0.1, -0.05) is 44.9 Å². The van der Waals surface area contributed by atoms with E-state index in [2.05, 4.69) is 0 Å². The van der Waals surface area contributed by atoms with E-state index >= 15 is 0 Å². The van der Waals surface area contributed by atoms with Crippen LogP contribution in [-0.2, 0) is 0 Å². The van der Waals surface area contributed by atoms with Gasteiger partial charge in [-0.2, -0.15) is 12.6 Å². The van der Waals surface area contributed by atoms with Gasteiger partial charge in [-0.15, -0.1) is 0 Å². The molecule has 0 saturated heterocycles. The van der Waals surface area contributed by atoms with E-state index in [1.165, 1.54) is 64.2 Å². The van der Waals surface area contributed by atoms with Gasteiger partial charge in [0.1, 0.15) is 0 Å².